The summed E-state index contributed by atoms with van der Waals surface area (Å²) >= 11 is 0. The van der Waals surface area contributed by atoms with Gasteiger partial charge in [-0.25, -0.2) is 0 Å². The first-order chi connectivity index (χ1) is 11.9. The third-order valence-electron chi connectivity index (χ3n) is 4.79. The monoisotopic (exact) mass is 329 g/mol. The molecule has 0 bridgehead atoms. The van der Waals surface area contributed by atoms with E-state index in [0.29, 0.717) is 0 Å². The minimum absolute atomic E-state index is 0.988. The highest BCUT2D eigenvalue weighted by atomic mass is 15.1. The van der Waals surface area contributed by atoms with E-state index in [-0.39, 0.29) is 0 Å². The average Bonchev–Trinajstić information content (AvgIpc) is 2.62. The Kier molecular flexibility index (Phi) is 13.3. The molecule has 0 saturated carbocycles. The normalized spacial score (nSPS) is 10.7. The van der Waals surface area contributed by atoms with Crippen molar-refractivity contribution >= 4 is 0 Å². The van der Waals surface area contributed by atoms with Gasteiger partial charge in [0.2, 0.25) is 0 Å². The summed E-state index contributed by atoms with van der Waals surface area (Å²) in [5, 5.41) is 0. The molecule has 1 heteroatoms. The smallest absolute Gasteiger partial charge is 0.0423 e. The number of unbranched alkanes of at least 4 members (excludes halogenated alkanes) is 11. The maximum atomic E-state index is 3.96. The van der Waals surface area contributed by atoms with Crippen molar-refractivity contribution in [2.75, 3.05) is 6.54 Å². The fourth-order valence-electron chi connectivity index (χ4n) is 3.21. The van der Waals surface area contributed by atoms with Crippen LogP contribution in [0.25, 0.3) is 0 Å². The summed E-state index contributed by atoms with van der Waals surface area (Å²) in [6, 6.07) is 10.7. The van der Waals surface area contributed by atoms with Gasteiger partial charge in [0.1, 0.15) is 0 Å². The minimum atomic E-state index is 0.988. The lowest BCUT2D eigenvalue weighted by molar-refractivity contribution is 0.355. The molecule has 1 nitrogen and oxygen atoms in total. The van der Waals surface area contributed by atoms with E-state index in [1.165, 1.54) is 82.6 Å². The van der Waals surface area contributed by atoms with E-state index < -0.39 is 0 Å². The zero-order valence-electron chi connectivity index (χ0n) is 16.0. The SMILES string of the molecule is C=CN(CCCCCCCCCCCCCC)Cc1ccccc1. The van der Waals surface area contributed by atoms with Crippen LogP contribution >= 0.6 is 0 Å². The molecule has 136 valence electrons. The highest BCUT2D eigenvalue weighted by Gasteiger charge is 2.00. The Labute approximate surface area is 151 Å². The van der Waals surface area contributed by atoms with Crippen molar-refractivity contribution in [1.82, 2.24) is 4.90 Å². The summed E-state index contributed by atoms with van der Waals surface area (Å²) in [6.07, 6.45) is 18.9. The van der Waals surface area contributed by atoms with Gasteiger partial charge in [0.25, 0.3) is 0 Å². The first-order valence-corrected chi connectivity index (χ1v) is 10.3. The lowest BCUT2D eigenvalue weighted by Crippen LogP contribution is -2.17. The maximum absolute atomic E-state index is 3.96. The fraction of sp³-hybridized carbons (Fsp3) is 0.652. The highest BCUT2D eigenvalue weighted by molar-refractivity contribution is 5.14. The lowest BCUT2D eigenvalue weighted by Gasteiger charge is -2.20. The number of rotatable bonds is 16. The van der Waals surface area contributed by atoms with Gasteiger partial charge in [-0.15, -0.1) is 0 Å². The largest absolute Gasteiger partial charge is 0.374 e. The van der Waals surface area contributed by atoms with Crippen LogP contribution in [0.15, 0.2) is 43.1 Å². The summed E-state index contributed by atoms with van der Waals surface area (Å²) in [7, 11) is 0. The molecule has 0 spiro atoms. The number of benzene rings is 1. The molecule has 0 saturated heterocycles. The number of nitrogens with zero attached hydrogens (tertiary/aromatic N) is 1. The third kappa shape index (κ3) is 11.3. The van der Waals surface area contributed by atoms with Crippen molar-refractivity contribution in [2.45, 2.75) is 90.5 Å². The van der Waals surface area contributed by atoms with Crippen LogP contribution in [0.1, 0.15) is 89.5 Å². The summed E-state index contributed by atoms with van der Waals surface area (Å²) in [6.45, 7) is 8.37. The average molecular weight is 330 g/mol. The molecule has 24 heavy (non-hydrogen) atoms. The second-order valence-electron chi connectivity index (χ2n) is 7.03. The van der Waals surface area contributed by atoms with Crippen molar-refractivity contribution in [1.29, 1.82) is 0 Å². The topological polar surface area (TPSA) is 3.24 Å². The standard InChI is InChI=1S/C23H39N/c1-3-5-6-7-8-9-10-11-12-13-14-18-21-24(4-2)22-23-19-16-15-17-20-23/h4,15-17,19-20H,2-3,5-14,18,21-22H2,1H3. The van der Waals surface area contributed by atoms with Crippen molar-refractivity contribution < 1.29 is 0 Å². The van der Waals surface area contributed by atoms with Gasteiger partial charge in [-0.2, -0.15) is 0 Å². The molecule has 0 N–H and O–H groups in total. The molecule has 0 aliphatic rings. The minimum Gasteiger partial charge on any atom is -0.374 e. The molecule has 0 atom stereocenters. The quantitative estimate of drug-likeness (QED) is 0.287. The number of hydrogen-bond acceptors (Lipinski definition) is 1. The maximum Gasteiger partial charge on any atom is 0.0423 e. The van der Waals surface area contributed by atoms with Gasteiger partial charge >= 0.3 is 0 Å². The highest BCUT2D eigenvalue weighted by Crippen LogP contribution is 2.12. The van der Waals surface area contributed by atoms with Crippen LogP contribution < -0.4 is 0 Å². The molecule has 0 unspecified atom stereocenters. The van der Waals surface area contributed by atoms with Gasteiger partial charge in [0.15, 0.2) is 0 Å². The molecule has 0 amide bonds. The van der Waals surface area contributed by atoms with Crippen LogP contribution in [0, 0.1) is 0 Å². The Bertz CT molecular complexity index is 384. The van der Waals surface area contributed by atoms with Crippen molar-refractivity contribution in [2.24, 2.45) is 0 Å². The fourth-order valence-corrected chi connectivity index (χ4v) is 3.21. The molecule has 0 aliphatic carbocycles. The van der Waals surface area contributed by atoms with Crippen molar-refractivity contribution in [3.05, 3.63) is 48.7 Å². The molecule has 0 fully saturated rings. The van der Waals surface area contributed by atoms with Gasteiger partial charge in [-0.3, -0.25) is 0 Å². The zero-order chi connectivity index (χ0) is 17.3. The third-order valence-corrected chi connectivity index (χ3v) is 4.79. The second-order valence-corrected chi connectivity index (χ2v) is 7.03. The van der Waals surface area contributed by atoms with E-state index in [4.69, 9.17) is 0 Å². The molecule has 0 aromatic heterocycles. The molecular weight excluding hydrogens is 290 g/mol. The van der Waals surface area contributed by atoms with Gasteiger partial charge in [-0.1, -0.05) is 114 Å². The van der Waals surface area contributed by atoms with E-state index in [1.54, 1.807) is 0 Å². The zero-order valence-corrected chi connectivity index (χ0v) is 16.0. The van der Waals surface area contributed by atoms with E-state index in [2.05, 4.69) is 48.7 Å². The van der Waals surface area contributed by atoms with Crippen LogP contribution in [0.2, 0.25) is 0 Å². The van der Waals surface area contributed by atoms with Crippen LogP contribution in [0.3, 0.4) is 0 Å². The Hall–Kier alpha value is -1.24. The van der Waals surface area contributed by atoms with Crippen LogP contribution in [-0.2, 0) is 6.54 Å². The summed E-state index contributed by atoms with van der Waals surface area (Å²) < 4.78 is 0. The predicted octanol–water partition coefficient (Wildman–Crippen LogP) is 7.33. The number of hydrogen-bond donors (Lipinski definition) is 0. The molecule has 1 aromatic carbocycles. The Morgan fingerprint density at radius 2 is 1.25 bits per heavy atom. The first-order valence-electron chi connectivity index (χ1n) is 10.3. The molecule has 0 radical (unpaired) electrons. The second kappa shape index (κ2) is 15.3. The Morgan fingerprint density at radius 1 is 0.750 bits per heavy atom. The predicted molar refractivity (Wildman–Crippen MR) is 108 cm³/mol. The molecular formula is C23H39N. The van der Waals surface area contributed by atoms with Crippen molar-refractivity contribution in [3.63, 3.8) is 0 Å². The van der Waals surface area contributed by atoms with Gasteiger partial charge in [0, 0.05) is 13.1 Å². The van der Waals surface area contributed by atoms with Crippen LogP contribution in [0.4, 0.5) is 0 Å². The van der Waals surface area contributed by atoms with Crippen LogP contribution in [-0.4, -0.2) is 11.4 Å². The lowest BCUT2D eigenvalue weighted by atomic mass is 10.1. The molecule has 1 rings (SSSR count). The van der Waals surface area contributed by atoms with E-state index in [1.807, 2.05) is 6.20 Å². The molecule has 0 heterocycles. The van der Waals surface area contributed by atoms with E-state index >= 15 is 0 Å². The Morgan fingerprint density at radius 3 is 1.75 bits per heavy atom. The molecule has 0 aliphatic heterocycles. The van der Waals surface area contributed by atoms with Gasteiger partial charge in [-0.05, 0) is 18.2 Å². The van der Waals surface area contributed by atoms with Gasteiger partial charge in [0.05, 0.1) is 0 Å². The summed E-state index contributed by atoms with van der Waals surface area (Å²) in [4.78, 5) is 2.34. The Balaban J connectivity index is 1.91. The molecule has 1 aromatic rings. The van der Waals surface area contributed by atoms with E-state index in [9.17, 15) is 0 Å². The van der Waals surface area contributed by atoms with Crippen molar-refractivity contribution in [3.8, 4) is 0 Å². The first kappa shape index (κ1) is 20.8. The van der Waals surface area contributed by atoms with Crippen LogP contribution in [0.5, 0.6) is 0 Å². The van der Waals surface area contributed by atoms with Gasteiger partial charge < -0.3 is 4.90 Å². The summed E-state index contributed by atoms with van der Waals surface area (Å²) in [5.74, 6) is 0. The van der Waals surface area contributed by atoms with E-state index in [0.717, 1.165) is 13.1 Å². The summed E-state index contributed by atoms with van der Waals surface area (Å²) in [5.41, 5.74) is 1.37.